The van der Waals surface area contributed by atoms with Gasteiger partial charge in [-0.05, 0) is 0 Å². The number of halogens is 2. The Morgan fingerprint density at radius 1 is 0.781 bits per heavy atom. The summed E-state index contributed by atoms with van der Waals surface area (Å²) in [4.78, 5) is 11.6. The van der Waals surface area contributed by atoms with Crippen molar-refractivity contribution < 1.29 is 22.7 Å². The molecule has 0 aromatic heterocycles. The van der Waals surface area contributed by atoms with E-state index in [0.717, 1.165) is 45.3 Å². The third-order valence-electron chi connectivity index (χ3n) is 6.34. The fraction of sp³-hybridized carbons (Fsp3) is 0.955. The second kappa shape index (κ2) is 17.8. The van der Waals surface area contributed by atoms with E-state index in [-0.39, 0.29) is 31.2 Å². The van der Waals surface area contributed by atoms with E-state index in [2.05, 4.69) is 0 Å². The summed E-state index contributed by atoms with van der Waals surface area (Å²) in [5.41, 5.74) is 0. The van der Waals surface area contributed by atoms with Gasteiger partial charge in [-0.2, -0.15) is 56.9 Å². The van der Waals surface area contributed by atoms with Crippen LogP contribution in [0, 0.1) is 0 Å². The molecule has 1 aliphatic heterocycles. The maximum absolute atomic E-state index is 11.6. The van der Waals surface area contributed by atoms with E-state index < -0.39 is 0 Å². The van der Waals surface area contributed by atoms with E-state index in [0.29, 0.717) is 44.2 Å². The van der Waals surface area contributed by atoms with Crippen LogP contribution in [0.5, 0.6) is 0 Å². The number of carbonyl (C=O) groups excluding carboxylic acids is 1. The molecule has 0 N–H and O–H groups in total. The van der Waals surface area contributed by atoms with Crippen molar-refractivity contribution in [3.05, 3.63) is 26.6 Å². The number of rotatable bonds is 3. The topological polar surface area (TPSA) is 96.8 Å². The number of hydrogen-bond acceptors (Lipinski definition) is 2. The van der Waals surface area contributed by atoms with E-state index in [4.69, 9.17) is 51.5 Å². The third kappa shape index (κ3) is 11.2. The van der Waals surface area contributed by atoms with E-state index in [1.54, 1.807) is 0 Å². The summed E-state index contributed by atoms with van der Waals surface area (Å²) >= 11 is 0.00694. The summed E-state index contributed by atoms with van der Waals surface area (Å²) in [6.45, 7) is 5.79. The second-order valence-electron chi connectivity index (χ2n) is 8.57. The molecule has 3 rings (SSSR count). The molecule has 0 bridgehead atoms. The molecule has 5 atom stereocenters. The molecule has 3 fully saturated rings. The zero-order valence-electron chi connectivity index (χ0n) is 19.2. The first-order valence-electron chi connectivity index (χ1n) is 12.0. The predicted octanol–water partition coefficient (Wildman–Crippen LogP) is 6.19. The predicted molar refractivity (Wildman–Crippen MR) is 130 cm³/mol. The van der Waals surface area contributed by atoms with Crippen LogP contribution >= 0.6 is 20.2 Å². The number of esters is 1. The summed E-state index contributed by atoms with van der Waals surface area (Å²) in [6.07, 6.45) is 9.90. The minimum atomic E-state index is -0.169. The van der Waals surface area contributed by atoms with Gasteiger partial charge in [-0.15, -0.1) is 6.04 Å². The van der Waals surface area contributed by atoms with Gasteiger partial charge in [0.25, 0.3) is 0 Å². The molecule has 1 heterocycles. The van der Waals surface area contributed by atoms with Crippen LogP contribution in [0.25, 0.3) is 26.6 Å². The van der Waals surface area contributed by atoms with Gasteiger partial charge >= 0.3 is 39.3 Å². The van der Waals surface area contributed by atoms with Gasteiger partial charge in [-0.25, -0.2) is 0 Å². The Hall–Kier alpha value is 0.369. The SMILES string of the molecule is CCC(=O)OC[C@H]1C[N-][C@@H]2CCCC[C@H]2[N-]CC[N-][C@@H]2CCCC[C@H]2[N-]CC[N-]1.[Cl][Mn][Cl]. The first kappa shape index (κ1) is 28.6. The van der Waals surface area contributed by atoms with Gasteiger partial charge in [0.15, 0.2) is 0 Å². The number of hydrogen-bond donors (Lipinski definition) is 0. The molecule has 0 aromatic carbocycles. The zero-order valence-corrected chi connectivity index (χ0v) is 21.9. The average Bonchev–Trinajstić information content (AvgIpc) is 2.82. The van der Waals surface area contributed by atoms with Gasteiger partial charge in [0.05, 0.1) is 6.61 Å². The third-order valence-corrected chi connectivity index (χ3v) is 6.34. The first-order valence-corrected chi connectivity index (χ1v) is 15.3. The van der Waals surface area contributed by atoms with Gasteiger partial charge in [-0.1, -0.05) is 58.3 Å². The summed E-state index contributed by atoms with van der Waals surface area (Å²) in [7, 11) is 9.59. The van der Waals surface area contributed by atoms with Crippen LogP contribution in [0.3, 0.4) is 0 Å². The van der Waals surface area contributed by atoms with Crippen LogP contribution < -0.4 is 0 Å². The van der Waals surface area contributed by atoms with Crippen LogP contribution in [-0.2, 0) is 22.7 Å². The van der Waals surface area contributed by atoms with Crippen LogP contribution in [0.1, 0.15) is 64.7 Å². The van der Waals surface area contributed by atoms with Crippen LogP contribution in [-0.4, -0.2) is 75.5 Å². The van der Waals surface area contributed by atoms with Gasteiger partial charge < -0.3 is 31.3 Å². The van der Waals surface area contributed by atoms with Gasteiger partial charge in [0, 0.05) is 6.42 Å². The summed E-state index contributed by atoms with van der Waals surface area (Å²) in [5.74, 6) is -0.169. The van der Waals surface area contributed by atoms with Crippen molar-refractivity contribution in [3.8, 4) is 0 Å². The Bertz CT molecular complexity index is 509. The van der Waals surface area contributed by atoms with Crippen LogP contribution in [0.15, 0.2) is 0 Å². The Morgan fingerprint density at radius 3 is 1.62 bits per heavy atom. The van der Waals surface area contributed by atoms with Gasteiger partial charge in [-0.3, -0.25) is 4.79 Å². The molecular weight excluding hydrogens is 492 g/mol. The number of fused-ring (bicyclic) bond motifs is 2. The van der Waals surface area contributed by atoms with Gasteiger partial charge in [0.1, 0.15) is 0 Å². The molecule has 0 radical (unpaired) electrons. The van der Waals surface area contributed by atoms with Crippen molar-refractivity contribution in [1.29, 1.82) is 0 Å². The quantitative estimate of drug-likeness (QED) is 0.321. The molecule has 0 spiro atoms. The Labute approximate surface area is 209 Å². The normalized spacial score (nSPS) is 32.7. The van der Waals surface area contributed by atoms with Crippen molar-refractivity contribution in [3.63, 3.8) is 0 Å². The molecule has 3 aliphatic rings. The summed E-state index contributed by atoms with van der Waals surface area (Å²) in [6, 6.07) is 1.22. The molecular formula is C22H38Cl2MnN5O2-5. The monoisotopic (exact) mass is 529 g/mol. The Balaban J connectivity index is 0.00000114. The van der Waals surface area contributed by atoms with Gasteiger partial charge in [0.2, 0.25) is 0 Å². The first-order chi connectivity index (χ1) is 15.7. The molecule has 2 aliphatic carbocycles. The van der Waals surface area contributed by atoms with Crippen molar-refractivity contribution in [2.75, 3.05) is 39.3 Å². The van der Waals surface area contributed by atoms with Crippen molar-refractivity contribution in [2.24, 2.45) is 0 Å². The molecule has 32 heavy (non-hydrogen) atoms. The number of nitrogens with zero attached hydrogens (tertiary/aromatic N) is 5. The van der Waals surface area contributed by atoms with Crippen LogP contribution in [0.2, 0.25) is 0 Å². The second-order valence-corrected chi connectivity index (χ2v) is 10.5. The fourth-order valence-electron chi connectivity index (χ4n) is 4.66. The van der Waals surface area contributed by atoms with E-state index in [1.807, 2.05) is 6.92 Å². The van der Waals surface area contributed by atoms with E-state index in [9.17, 15) is 4.79 Å². The van der Waals surface area contributed by atoms with Crippen LogP contribution in [0.4, 0.5) is 0 Å². The molecule has 0 aromatic rings. The van der Waals surface area contributed by atoms with E-state index >= 15 is 0 Å². The van der Waals surface area contributed by atoms with Crippen molar-refractivity contribution in [1.82, 2.24) is 0 Å². The average molecular weight is 530 g/mol. The Kier molecular flexibility index (Phi) is 15.9. The minimum absolute atomic E-state index is 0.00694. The number of carbonyl (C=O) groups is 1. The number of ether oxygens (including phenoxy) is 1. The molecule has 10 heteroatoms. The molecule has 189 valence electrons. The summed E-state index contributed by atoms with van der Waals surface area (Å²) in [5, 5.41) is 24.6. The molecule has 0 unspecified atom stereocenters. The van der Waals surface area contributed by atoms with Crippen molar-refractivity contribution >= 4 is 26.2 Å². The fourth-order valence-corrected chi connectivity index (χ4v) is 4.66. The maximum atomic E-state index is 11.6. The summed E-state index contributed by atoms with van der Waals surface area (Å²) < 4.78 is 5.38. The molecule has 1 saturated heterocycles. The Morgan fingerprint density at radius 2 is 1.19 bits per heavy atom. The molecule has 2 saturated carbocycles. The van der Waals surface area contributed by atoms with E-state index in [1.165, 1.54) is 25.7 Å². The van der Waals surface area contributed by atoms with Crippen molar-refractivity contribution in [2.45, 2.75) is 94.9 Å². The zero-order chi connectivity index (χ0) is 23.0. The standard InChI is InChI=1S/C22H38N5O2.2ClH.Mn/c1-2-22(28)29-16-17-15-27-21-10-6-5-9-20(21)26-14-13-25-19-8-4-3-7-18(19)24-12-11-23-17;;;/h17-21H,2-16H2,1H3;2*1H;/q-5;;;+2/p-2/t17-,18-,19-,20-,21-;;;/m1.../s1. The molecule has 7 nitrogen and oxygen atoms in total. The molecule has 0 amide bonds.